The molecule has 2 atom stereocenters. The first-order valence-corrected chi connectivity index (χ1v) is 8.77. The van der Waals surface area contributed by atoms with Gasteiger partial charge in [0.15, 0.2) is 12.6 Å². The number of aryl methyl sites for hydroxylation is 1. The number of likely N-dealkylation sites (N-methyl/N-ethyl adjacent to an activating group) is 1. The minimum absolute atomic E-state index is 0.0140. The first kappa shape index (κ1) is 20.1. The van der Waals surface area contributed by atoms with Crippen molar-refractivity contribution >= 4 is 17.7 Å². The monoisotopic (exact) mass is 366 g/mol. The average molecular weight is 366 g/mol. The fourth-order valence-electron chi connectivity index (χ4n) is 3.16. The lowest BCUT2D eigenvalue weighted by Crippen LogP contribution is -3.14. The van der Waals surface area contributed by atoms with E-state index in [1.165, 1.54) is 7.11 Å². The van der Waals surface area contributed by atoms with Crippen molar-refractivity contribution in [1.29, 1.82) is 0 Å². The number of aromatic nitrogens is 1. The first-order valence-electron chi connectivity index (χ1n) is 8.77. The molecule has 2 N–H and O–H groups in total. The van der Waals surface area contributed by atoms with Gasteiger partial charge in [0.25, 0.3) is 5.91 Å². The summed E-state index contributed by atoms with van der Waals surface area (Å²) in [5.74, 6) is -0.584. The number of hydrogen-bond donors (Lipinski definition) is 2. The Morgan fingerprint density at radius 2 is 1.88 bits per heavy atom. The van der Waals surface area contributed by atoms with Crippen molar-refractivity contribution in [2.75, 3.05) is 47.0 Å². The van der Waals surface area contributed by atoms with Gasteiger partial charge in [0.2, 0.25) is 5.78 Å². The smallest absolute Gasteiger partial charge is 0.339 e. The molecule has 8 heteroatoms. The number of amides is 1. The van der Waals surface area contributed by atoms with Gasteiger partial charge in [-0.1, -0.05) is 0 Å². The molecule has 0 radical (unpaired) electrons. The van der Waals surface area contributed by atoms with E-state index in [9.17, 15) is 14.4 Å². The predicted molar refractivity (Wildman–Crippen MR) is 94.6 cm³/mol. The fraction of sp³-hybridized carbons (Fsp3) is 0.611. The number of hydrogen-bond acceptors (Lipinski definition) is 5. The summed E-state index contributed by atoms with van der Waals surface area (Å²) in [5.41, 5.74) is 1.98. The molecule has 1 unspecified atom stereocenters. The van der Waals surface area contributed by atoms with Gasteiger partial charge in [-0.05, 0) is 26.3 Å². The maximum Gasteiger partial charge on any atom is 0.339 e. The molecule has 144 valence electrons. The summed E-state index contributed by atoms with van der Waals surface area (Å²) < 4.78 is 10.0. The van der Waals surface area contributed by atoms with Crippen LogP contribution in [0.2, 0.25) is 0 Å². The number of esters is 1. The molecule has 1 aromatic heterocycles. The minimum Gasteiger partial charge on any atom is -0.465 e. The molecule has 2 heterocycles. The Hall–Kier alpha value is -2.19. The molecular weight excluding hydrogens is 338 g/mol. The first-order chi connectivity index (χ1) is 12.3. The van der Waals surface area contributed by atoms with Gasteiger partial charge in [-0.3, -0.25) is 9.59 Å². The molecule has 1 aliphatic rings. The molecule has 0 aromatic carbocycles. The highest BCUT2D eigenvalue weighted by molar-refractivity contribution is 6.03. The number of aromatic amines is 1. The van der Waals surface area contributed by atoms with Crippen molar-refractivity contribution in [2.45, 2.75) is 26.8 Å². The minimum atomic E-state index is -0.467. The van der Waals surface area contributed by atoms with E-state index in [0.717, 1.165) is 4.90 Å². The number of morpholine rings is 1. The molecule has 2 rings (SSSR count). The molecule has 1 aromatic rings. The van der Waals surface area contributed by atoms with Crippen LogP contribution in [-0.4, -0.2) is 80.6 Å². The number of H-pyrrole nitrogens is 1. The zero-order valence-corrected chi connectivity index (χ0v) is 16.1. The third-order valence-corrected chi connectivity index (χ3v) is 5.00. The van der Waals surface area contributed by atoms with Crippen LogP contribution in [0.1, 0.15) is 39.0 Å². The van der Waals surface area contributed by atoms with Crippen molar-refractivity contribution in [3.05, 3.63) is 22.5 Å². The third kappa shape index (κ3) is 4.13. The highest BCUT2D eigenvalue weighted by atomic mass is 16.5. The maximum atomic E-state index is 12.9. The molecule has 0 saturated carbocycles. The number of ether oxygens (including phenoxy) is 2. The fourth-order valence-corrected chi connectivity index (χ4v) is 3.16. The van der Waals surface area contributed by atoms with Gasteiger partial charge in [0, 0.05) is 18.8 Å². The summed E-state index contributed by atoms with van der Waals surface area (Å²) in [6.07, 6.45) is 0. The highest BCUT2D eigenvalue weighted by Crippen LogP contribution is 2.19. The van der Waals surface area contributed by atoms with Gasteiger partial charge >= 0.3 is 5.97 Å². The zero-order chi connectivity index (χ0) is 19.4. The van der Waals surface area contributed by atoms with Crippen LogP contribution in [0.3, 0.4) is 0 Å². The van der Waals surface area contributed by atoms with Gasteiger partial charge in [-0.25, -0.2) is 4.79 Å². The average Bonchev–Trinajstić information content (AvgIpc) is 2.94. The lowest BCUT2D eigenvalue weighted by Gasteiger charge is -2.28. The summed E-state index contributed by atoms with van der Waals surface area (Å²) >= 11 is 0. The van der Waals surface area contributed by atoms with Crippen LogP contribution in [-0.2, 0) is 14.3 Å². The predicted octanol–water partition coefficient (Wildman–Crippen LogP) is -0.637. The van der Waals surface area contributed by atoms with Crippen molar-refractivity contribution in [1.82, 2.24) is 9.88 Å². The summed E-state index contributed by atoms with van der Waals surface area (Å²) in [4.78, 5) is 42.8. The number of nitrogens with one attached hydrogen (secondary N) is 2. The molecule has 0 spiro atoms. The second kappa shape index (κ2) is 8.46. The van der Waals surface area contributed by atoms with Gasteiger partial charge in [-0.2, -0.15) is 0 Å². The topological polar surface area (TPSA) is 93.1 Å². The van der Waals surface area contributed by atoms with Gasteiger partial charge in [0.05, 0.1) is 38.6 Å². The second-order valence-electron chi connectivity index (χ2n) is 6.72. The Kier molecular flexibility index (Phi) is 6.55. The molecular formula is C18H28N3O5+. The normalized spacial score (nSPS) is 16.9. The molecule has 1 aliphatic heterocycles. The molecule has 1 saturated heterocycles. The van der Waals surface area contributed by atoms with Crippen LogP contribution in [0.25, 0.3) is 0 Å². The van der Waals surface area contributed by atoms with Crippen LogP contribution in [0.5, 0.6) is 0 Å². The van der Waals surface area contributed by atoms with Crippen LogP contribution in [0.4, 0.5) is 0 Å². The molecule has 1 fully saturated rings. The number of carbonyl (C=O) groups excluding carboxylic acids is 3. The molecule has 0 bridgehead atoms. The quantitative estimate of drug-likeness (QED) is 0.516. The Labute approximate surface area is 153 Å². The molecule has 8 nitrogen and oxygen atoms in total. The van der Waals surface area contributed by atoms with E-state index in [1.54, 1.807) is 25.7 Å². The Morgan fingerprint density at radius 1 is 1.27 bits per heavy atom. The number of ketones is 1. The van der Waals surface area contributed by atoms with Crippen molar-refractivity contribution in [2.24, 2.45) is 0 Å². The standard InChI is InChI=1S/C18H27N3O5/c1-11-15(18(24)25-5)12(2)19-16(11)17(23)13(3)20(4)10-14(22)21-6-8-26-9-7-21/h13,19H,6-10H2,1-5H3/p+1/t13-/m1/s1. The summed E-state index contributed by atoms with van der Waals surface area (Å²) in [6, 6.07) is -0.428. The van der Waals surface area contributed by atoms with Gasteiger partial charge < -0.3 is 24.3 Å². The lowest BCUT2D eigenvalue weighted by molar-refractivity contribution is -0.885. The summed E-state index contributed by atoms with van der Waals surface area (Å²) in [6.45, 7) is 7.76. The molecule has 0 aliphatic carbocycles. The van der Waals surface area contributed by atoms with Gasteiger partial charge in [0.1, 0.15) is 0 Å². The van der Waals surface area contributed by atoms with E-state index in [4.69, 9.17) is 9.47 Å². The van der Waals surface area contributed by atoms with E-state index >= 15 is 0 Å². The van der Waals surface area contributed by atoms with Crippen LogP contribution in [0.15, 0.2) is 0 Å². The van der Waals surface area contributed by atoms with E-state index < -0.39 is 12.0 Å². The molecule has 1 amide bonds. The van der Waals surface area contributed by atoms with E-state index in [2.05, 4.69) is 4.98 Å². The summed E-state index contributed by atoms with van der Waals surface area (Å²) in [7, 11) is 3.14. The van der Waals surface area contributed by atoms with Crippen molar-refractivity contribution in [3.63, 3.8) is 0 Å². The third-order valence-electron chi connectivity index (χ3n) is 5.00. The Balaban J connectivity index is 2.09. The van der Waals surface area contributed by atoms with Crippen LogP contribution < -0.4 is 4.90 Å². The van der Waals surface area contributed by atoms with Crippen molar-refractivity contribution < 1.29 is 28.8 Å². The van der Waals surface area contributed by atoms with E-state index in [-0.39, 0.29) is 18.2 Å². The van der Waals surface area contributed by atoms with Crippen LogP contribution >= 0.6 is 0 Å². The second-order valence-corrected chi connectivity index (χ2v) is 6.72. The van der Waals surface area contributed by atoms with Crippen LogP contribution in [0, 0.1) is 13.8 Å². The number of methoxy groups -OCH3 is 1. The number of quaternary nitrogens is 1. The SMILES string of the molecule is COC(=O)c1c(C)[nH]c(C(=O)[C@@H](C)[NH+](C)CC(=O)N2CCOCC2)c1C. The van der Waals surface area contributed by atoms with Gasteiger partial charge in [-0.15, -0.1) is 0 Å². The Bertz CT molecular complexity index is 691. The number of Topliss-reactive ketones (excluding diaryl/α,β-unsaturated/α-hetero) is 1. The van der Waals surface area contributed by atoms with E-state index in [1.807, 2.05) is 7.05 Å². The Morgan fingerprint density at radius 3 is 2.46 bits per heavy atom. The number of nitrogens with zero attached hydrogens (tertiary/aromatic N) is 1. The molecule has 26 heavy (non-hydrogen) atoms. The number of carbonyl (C=O) groups is 3. The number of rotatable bonds is 6. The largest absolute Gasteiger partial charge is 0.465 e. The lowest BCUT2D eigenvalue weighted by atomic mass is 10.0. The van der Waals surface area contributed by atoms with Crippen molar-refractivity contribution in [3.8, 4) is 0 Å². The zero-order valence-electron chi connectivity index (χ0n) is 16.1. The maximum absolute atomic E-state index is 12.9. The van der Waals surface area contributed by atoms with E-state index in [0.29, 0.717) is 48.8 Å². The summed E-state index contributed by atoms with van der Waals surface area (Å²) in [5, 5.41) is 0. The highest BCUT2D eigenvalue weighted by Gasteiger charge is 2.31.